The van der Waals surface area contributed by atoms with Gasteiger partial charge in [0, 0.05) is 48.5 Å². The molecule has 7 rings (SSSR count). The zero-order valence-corrected chi connectivity index (χ0v) is 30.5. The Bertz CT molecular complexity index is 1710. The first-order chi connectivity index (χ1) is 24.1. The summed E-state index contributed by atoms with van der Waals surface area (Å²) in [4.78, 5) is 34.2. The molecular weight excluding hydrogens is 652 g/mol. The minimum Gasteiger partial charge on any atom is -0.490 e. The van der Waals surface area contributed by atoms with Gasteiger partial charge < -0.3 is 33.8 Å². The number of methoxy groups -OCH3 is 1. The largest absolute Gasteiger partial charge is 0.490 e. The van der Waals surface area contributed by atoms with E-state index in [1.54, 1.807) is 25.1 Å². The third-order valence-electron chi connectivity index (χ3n) is 11.6. The van der Waals surface area contributed by atoms with Gasteiger partial charge in [0.1, 0.15) is 17.4 Å². The van der Waals surface area contributed by atoms with Crippen LogP contribution >= 0.6 is 0 Å². The van der Waals surface area contributed by atoms with Crippen LogP contribution in [0.4, 0.5) is 15.5 Å². The molecular formula is C39H49FN4O5Si. The highest BCUT2D eigenvalue weighted by molar-refractivity contribution is 6.72. The maximum Gasteiger partial charge on any atom is 0.254 e. The SMILES string of the molecule is CO[C@@H]1c2cc(N3CN(c4ccccc4)C4(CCNCC4)C3=O)ccc2O[C@H](C(CC(=O)N2Cc3ccccc3C[C@H]2CO)[Si](C)(C)F)[C@H]1C. The number of nitrogens with one attached hydrogen (secondary N) is 1. The molecule has 5 atom stereocenters. The third kappa shape index (κ3) is 6.12. The number of benzene rings is 3. The van der Waals surface area contributed by atoms with Gasteiger partial charge >= 0.3 is 0 Å². The van der Waals surface area contributed by atoms with E-state index >= 15 is 4.11 Å². The second-order valence-electron chi connectivity index (χ2n) is 14.9. The van der Waals surface area contributed by atoms with Gasteiger partial charge in [0.25, 0.3) is 5.91 Å². The first-order valence-electron chi connectivity index (χ1n) is 17.9. The second kappa shape index (κ2) is 13.7. The average Bonchev–Trinajstić information content (AvgIpc) is 3.40. The predicted octanol–water partition coefficient (Wildman–Crippen LogP) is 5.58. The van der Waals surface area contributed by atoms with Gasteiger partial charge in [0.05, 0.1) is 25.4 Å². The van der Waals surface area contributed by atoms with Gasteiger partial charge in [0.2, 0.25) is 14.3 Å². The Kier molecular flexibility index (Phi) is 9.53. The van der Waals surface area contributed by atoms with Crippen molar-refractivity contribution >= 4 is 31.6 Å². The number of hydrogen-bond donors (Lipinski definition) is 2. The number of fused-ring (bicyclic) bond motifs is 2. The number of carbonyl (C=O) groups is 2. The summed E-state index contributed by atoms with van der Waals surface area (Å²) in [5.74, 6) is 0.229. The summed E-state index contributed by atoms with van der Waals surface area (Å²) in [6.45, 7) is 7.50. The number of hydrogen-bond acceptors (Lipinski definition) is 7. The number of ether oxygens (including phenoxy) is 2. The molecule has 2 amide bonds. The van der Waals surface area contributed by atoms with Crippen molar-refractivity contribution in [1.82, 2.24) is 10.2 Å². The number of carbonyl (C=O) groups excluding carboxylic acids is 2. The molecule has 1 unspecified atom stereocenters. The molecule has 0 bridgehead atoms. The average molecular weight is 701 g/mol. The van der Waals surface area contributed by atoms with Crippen LogP contribution in [0.5, 0.6) is 5.75 Å². The zero-order valence-electron chi connectivity index (χ0n) is 29.5. The predicted molar refractivity (Wildman–Crippen MR) is 194 cm³/mol. The number of piperidine rings is 1. The number of rotatable bonds is 8. The monoisotopic (exact) mass is 700 g/mol. The third-order valence-corrected chi connectivity index (χ3v) is 13.9. The Hall–Kier alpha value is -3.77. The number of anilines is 2. The van der Waals surface area contributed by atoms with E-state index in [9.17, 15) is 14.7 Å². The lowest BCUT2D eigenvalue weighted by atomic mass is 9.85. The lowest BCUT2D eigenvalue weighted by molar-refractivity contribution is -0.136. The Balaban J connectivity index is 1.16. The lowest BCUT2D eigenvalue weighted by Gasteiger charge is -2.44. The summed E-state index contributed by atoms with van der Waals surface area (Å²) in [7, 11) is -1.82. The van der Waals surface area contributed by atoms with Gasteiger partial charge in [-0.3, -0.25) is 14.5 Å². The Morgan fingerprint density at radius 1 is 1.06 bits per heavy atom. The number of halogens is 1. The Labute approximate surface area is 295 Å². The molecule has 4 heterocycles. The van der Waals surface area contributed by atoms with Crippen molar-refractivity contribution in [3.63, 3.8) is 0 Å². The van der Waals surface area contributed by atoms with Gasteiger partial charge in [-0.05, 0) is 86.9 Å². The highest BCUT2D eigenvalue weighted by atomic mass is 28.4. The van der Waals surface area contributed by atoms with E-state index in [-0.39, 0.29) is 36.8 Å². The first-order valence-corrected chi connectivity index (χ1v) is 20.9. The standard InChI is InChI=1S/C39H49FN4O5Si/c1-26-36(48-2)32-21-30(43-25-44(29-12-6-5-7-13-29)39(38(43)47)16-18-41-19-17-39)14-15-33(32)49-37(26)34(50(3,4)40)22-35(46)42-23-28-11-9-8-10-27(28)20-31(42)24-45/h5-15,21,26,31,34,36-37,41,45H,16-20,22-25H2,1-4H3/t26-,31-,34?,36-,37-/m0/s1. The van der Waals surface area contributed by atoms with E-state index in [2.05, 4.69) is 22.3 Å². The Morgan fingerprint density at radius 2 is 1.76 bits per heavy atom. The van der Waals surface area contributed by atoms with Crippen molar-refractivity contribution < 1.29 is 28.3 Å². The molecule has 0 saturated carbocycles. The van der Waals surface area contributed by atoms with Crippen LogP contribution in [0.15, 0.2) is 72.8 Å². The number of aliphatic hydroxyl groups is 1. The van der Waals surface area contributed by atoms with Crippen molar-refractivity contribution in [2.75, 3.05) is 43.3 Å². The fraction of sp³-hybridized carbons (Fsp3) is 0.487. The van der Waals surface area contributed by atoms with Crippen molar-refractivity contribution in [3.8, 4) is 5.75 Å². The molecule has 2 saturated heterocycles. The minimum atomic E-state index is -3.47. The van der Waals surface area contributed by atoms with E-state index in [4.69, 9.17) is 9.47 Å². The fourth-order valence-corrected chi connectivity index (χ4v) is 10.6. The van der Waals surface area contributed by atoms with E-state index < -0.39 is 31.7 Å². The van der Waals surface area contributed by atoms with E-state index in [1.807, 2.05) is 72.5 Å². The molecule has 2 fully saturated rings. The second-order valence-corrected chi connectivity index (χ2v) is 18.8. The summed E-state index contributed by atoms with van der Waals surface area (Å²) in [5, 5.41) is 13.6. The molecule has 4 aliphatic rings. The minimum absolute atomic E-state index is 0.0121. The van der Waals surface area contributed by atoms with Crippen LogP contribution in [0.2, 0.25) is 18.6 Å². The van der Waals surface area contributed by atoms with Crippen molar-refractivity contribution in [2.24, 2.45) is 5.92 Å². The molecule has 11 heteroatoms. The van der Waals surface area contributed by atoms with Crippen molar-refractivity contribution in [3.05, 3.63) is 89.5 Å². The molecule has 3 aromatic carbocycles. The molecule has 50 heavy (non-hydrogen) atoms. The Morgan fingerprint density at radius 3 is 2.44 bits per heavy atom. The van der Waals surface area contributed by atoms with E-state index in [1.165, 1.54) is 0 Å². The lowest BCUT2D eigenvalue weighted by Crippen LogP contribution is -2.55. The molecule has 1 spiro atoms. The van der Waals surface area contributed by atoms with Crippen LogP contribution < -0.4 is 19.9 Å². The molecule has 9 nitrogen and oxygen atoms in total. The van der Waals surface area contributed by atoms with Crippen LogP contribution in [0.3, 0.4) is 0 Å². The number of amides is 2. The molecule has 3 aromatic rings. The van der Waals surface area contributed by atoms with E-state index in [0.717, 1.165) is 54.0 Å². The summed E-state index contributed by atoms with van der Waals surface area (Å²) >= 11 is 0. The van der Waals surface area contributed by atoms with Crippen LogP contribution in [0.25, 0.3) is 0 Å². The molecule has 0 radical (unpaired) electrons. The molecule has 2 N–H and O–H groups in total. The molecule has 0 aromatic heterocycles. The van der Waals surface area contributed by atoms with Gasteiger partial charge in [0.15, 0.2) is 0 Å². The van der Waals surface area contributed by atoms with Crippen LogP contribution in [-0.2, 0) is 27.3 Å². The van der Waals surface area contributed by atoms with Gasteiger partial charge in [-0.1, -0.05) is 49.4 Å². The highest BCUT2D eigenvalue weighted by Gasteiger charge is 2.54. The quantitative estimate of drug-likeness (QED) is 0.234. The number of aliphatic hydroxyl groups excluding tert-OH is 1. The zero-order chi connectivity index (χ0) is 35.2. The van der Waals surface area contributed by atoms with Crippen LogP contribution in [-0.4, -0.2) is 81.4 Å². The van der Waals surface area contributed by atoms with Crippen LogP contribution in [0, 0.1) is 5.92 Å². The highest BCUT2D eigenvalue weighted by Crippen LogP contribution is 2.49. The molecule has 266 valence electrons. The first kappa shape index (κ1) is 34.7. The molecule has 0 aliphatic carbocycles. The van der Waals surface area contributed by atoms with Gasteiger partial charge in [-0.15, -0.1) is 0 Å². The van der Waals surface area contributed by atoms with Crippen molar-refractivity contribution in [1.29, 1.82) is 0 Å². The normalized spacial score (nSPS) is 25.2. The maximum absolute atomic E-state index is 16.4. The van der Waals surface area contributed by atoms with Crippen LogP contribution in [0.1, 0.15) is 49.0 Å². The van der Waals surface area contributed by atoms with Gasteiger partial charge in [-0.25, -0.2) is 0 Å². The van der Waals surface area contributed by atoms with Gasteiger partial charge in [-0.2, -0.15) is 0 Å². The molecule has 4 aliphatic heterocycles. The topological polar surface area (TPSA) is 94.6 Å². The smallest absolute Gasteiger partial charge is 0.254 e. The summed E-state index contributed by atoms with van der Waals surface area (Å²) < 4.78 is 29.2. The van der Waals surface area contributed by atoms with Crippen molar-refractivity contribution in [2.45, 2.75) is 81.6 Å². The number of nitrogens with zero attached hydrogens (tertiary/aromatic N) is 3. The summed E-state index contributed by atoms with van der Waals surface area (Å²) in [6, 6.07) is 23.5. The summed E-state index contributed by atoms with van der Waals surface area (Å²) in [5.41, 5.74) is 3.52. The maximum atomic E-state index is 16.4. The fourth-order valence-electron chi connectivity index (χ4n) is 8.80. The number of para-hydroxylation sites is 1. The summed E-state index contributed by atoms with van der Waals surface area (Å²) in [6.07, 6.45) is 0.965. The van der Waals surface area contributed by atoms with E-state index in [0.29, 0.717) is 25.4 Å².